The van der Waals surface area contributed by atoms with Gasteiger partial charge in [-0.3, -0.25) is 9.79 Å². The molecule has 0 aliphatic carbocycles. The van der Waals surface area contributed by atoms with Gasteiger partial charge in [-0.05, 0) is 12.1 Å². The Balaban J connectivity index is 2.25. The van der Waals surface area contributed by atoms with Crippen molar-refractivity contribution in [1.82, 2.24) is 0 Å². The van der Waals surface area contributed by atoms with Gasteiger partial charge in [-0.25, -0.2) is 0 Å². The average molecular weight is 286 g/mol. The molecule has 0 spiro atoms. The fourth-order valence-corrected chi connectivity index (χ4v) is 2.37. The minimum atomic E-state index is -0.950. The molecule has 1 heterocycles. The van der Waals surface area contributed by atoms with Crippen LogP contribution in [0.2, 0.25) is 5.02 Å². The molecule has 0 bridgehead atoms. The predicted molar refractivity (Wildman–Crippen MR) is 80.1 cm³/mol. The van der Waals surface area contributed by atoms with Gasteiger partial charge >= 0.3 is 0 Å². The first-order chi connectivity index (χ1) is 9.66. The topological polar surface area (TPSA) is 67.5 Å². The lowest BCUT2D eigenvalue weighted by Gasteiger charge is -2.10. The van der Waals surface area contributed by atoms with Gasteiger partial charge in [0.1, 0.15) is 0 Å². The maximum atomic E-state index is 11.9. The first kappa shape index (κ1) is 12.8. The van der Waals surface area contributed by atoms with Crippen LogP contribution in [0.15, 0.2) is 53.5 Å². The third-order valence-electron chi connectivity index (χ3n) is 3.11. The van der Waals surface area contributed by atoms with Crippen molar-refractivity contribution < 1.29 is 4.79 Å². The summed E-state index contributed by atoms with van der Waals surface area (Å²) in [5.41, 5.74) is 8.66. The van der Waals surface area contributed by atoms with Crippen molar-refractivity contribution in [2.75, 3.05) is 5.32 Å². The van der Waals surface area contributed by atoms with Crippen LogP contribution < -0.4 is 11.1 Å². The molecule has 0 saturated carbocycles. The lowest BCUT2D eigenvalue weighted by atomic mass is 10.0. The molecule has 3 rings (SSSR count). The molecular weight excluding hydrogens is 274 g/mol. The summed E-state index contributed by atoms with van der Waals surface area (Å²) in [6.07, 6.45) is -0.950. The Morgan fingerprint density at radius 1 is 1.05 bits per heavy atom. The maximum absolute atomic E-state index is 11.9. The molecule has 0 saturated heterocycles. The van der Waals surface area contributed by atoms with Crippen molar-refractivity contribution in [3.05, 3.63) is 64.7 Å². The zero-order chi connectivity index (χ0) is 14.1. The number of anilines is 1. The number of hydrogen-bond acceptors (Lipinski definition) is 3. The predicted octanol–water partition coefficient (Wildman–Crippen LogP) is 2.41. The van der Waals surface area contributed by atoms with Crippen LogP contribution >= 0.6 is 11.6 Å². The quantitative estimate of drug-likeness (QED) is 0.845. The summed E-state index contributed by atoms with van der Waals surface area (Å²) in [6.45, 7) is 0. The standard InChI is InChI=1S/C15H12ClN3O/c16-11-7-3-1-5-9(11)13-10-6-2-4-8-12(10)18-15(20)14(17)19-13/h1-8,14H,17H2,(H,18,20). The minimum Gasteiger partial charge on any atom is -0.322 e. The molecule has 4 nitrogen and oxygen atoms in total. The monoisotopic (exact) mass is 285 g/mol. The van der Waals surface area contributed by atoms with E-state index in [0.29, 0.717) is 16.4 Å². The molecule has 1 amide bonds. The molecule has 1 unspecified atom stereocenters. The summed E-state index contributed by atoms with van der Waals surface area (Å²) in [4.78, 5) is 16.2. The fourth-order valence-electron chi connectivity index (χ4n) is 2.14. The molecule has 2 aromatic rings. The van der Waals surface area contributed by atoms with E-state index >= 15 is 0 Å². The van der Waals surface area contributed by atoms with Gasteiger partial charge in [-0.15, -0.1) is 0 Å². The first-order valence-corrected chi connectivity index (χ1v) is 6.53. The molecular formula is C15H12ClN3O. The van der Waals surface area contributed by atoms with E-state index in [0.717, 1.165) is 11.1 Å². The van der Waals surface area contributed by atoms with E-state index in [1.165, 1.54) is 0 Å². The highest BCUT2D eigenvalue weighted by Crippen LogP contribution is 2.26. The Morgan fingerprint density at radius 3 is 2.45 bits per heavy atom. The molecule has 100 valence electrons. The second-order valence-corrected chi connectivity index (χ2v) is 4.84. The number of nitrogens with one attached hydrogen (secondary N) is 1. The van der Waals surface area contributed by atoms with E-state index in [2.05, 4.69) is 10.3 Å². The minimum absolute atomic E-state index is 0.334. The van der Waals surface area contributed by atoms with Crippen LogP contribution in [-0.2, 0) is 4.79 Å². The molecule has 0 radical (unpaired) electrons. The molecule has 0 aromatic heterocycles. The molecule has 1 atom stereocenters. The molecule has 20 heavy (non-hydrogen) atoms. The second-order valence-electron chi connectivity index (χ2n) is 4.44. The van der Waals surface area contributed by atoms with E-state index < -0.39 is 6.17 Å². The first-order valence-electron chi connectivity index (χ1n) is 6.15. The van der Waals surface area contributed by atoms with Crippen LogP contribution in [0.1, 0.15) is 11.1 Å². The van der Waals surface area contributed by atoms with Gasteiger partial charge < -0.3 is 11.1 Å². The lowest BCUT2D eigenvalue weighted by Crippen LogP contribution is -2.33. The van der Waals surface area contributed by atoms with E-state index in [4.69, 9.17) is 17.3 Å². The van der Waals surface area contributed by atoms with Crippen LogP contribution in [0.4, 0.5) is 5.69 Å². The summed E-state index contributed by atoms with van der Waals surface area (Å²) in [5.74, 6) is -0.334. The normalized spacial score (nSPS) is 17.8. The number of fused-ring (bicyclic) bond motifs is 1. The van der Waals surface area contributed by atoms with Crippen molar-refractivity contribution in [2.45, 2.75) is 6.17 Å². The van der Waals surface area contributed by atoms with Gasteiger partial charge in [-0.1, -0.05) is 48.0 Å². The Morgan fingerprint density at radius 2 is 1.70 bits per heavy atom. The van der Waals surface area contributed by atoms with Crippen LogP contribution in [-0.4, -0.2) is 17.8 Å². The van der Waals surface area contributed by atoms with Crippen LogP contribution in [0.3, 0.4) is 0 Å². The number of hydrogen-bond donors (Lipinski definition) is 2. The van der Waals surface area contributed by atoms with Gasteiger partial charge in [0.15, 0.2) is 6.17 Å². The molecule has 1 aliphatic heterocycles. The van der Waals surface area contributed by atoms with Crippen LogP contribution in [0, 0.1) is 0 Å². The highest BCUT2D eigenvalue weighted by atomic mass is 35.5. The smallest absolute Gasteiger partial charge is 0.263 e. The molecule has 0 fully saturated rings. The van der Waals surface area contributed by atoms with E-state index in [9.17, 15) is 4.79 Å². The van der Waals surface area contributed by atoms with Gasteiger partial charge in [0.2, 0.25) is 0 Å². The van der Waals surface area contributed by atoms with Gasteiger partial charge in [0.25, 0.3) is 5.91 Å². The number of amides is 1. The van der Waals surface area contributed by atoms with Crippen molar-refractivity contribution in [3.63, 3.8) is 0 Å². The number of para-hydroxylation sites is 1. The number of nitrogens with two attached hydrogens (primary N) is 1. The summed E-state index contributed by atoms with van der Waals surface area (Å²) in [6, 6.07) is 14.8. The molecule has 2 aromatic carbocycles. The summed E-state index contributed by atoms with van der Waals surface area (Å²) >= 11 is 6.23. The number of aliphatic imine (C=N–C) groups is 1. The Bertz CT molecular complexity index is 712. The molecule has 3 N–H and O–H groups in total. The number of rotatable bonds is 1. The van der Waals surface area contributed by atoms with Crippen molar-refractivity contribution >= 4 is 28.9 Å². The largest absolute Gasteiger partial charge is 0.322 e. The van der Waals surface area contributed by atoms with Crippen LogP contribution in [0.25, 0.3) is 0 Å². The summed E-state index contributed by atoms with van der Waals surface area (Å²) in [7, 11) is 0. The van der Waals surface area contributed by atoms with Gasteiger partial charge in [-0.2, -0.15) is 0 Å². The molecule has 1 aliphatic rings. The zero-order valence-corrected chi connectivity index (χ0v) is 11.3. The van der Waals surface area contributed by atoms with E-state index in [-0.39, 0.29) is 5.91 Å². The van der Waals surface area contributed by atoms with Gasteiger partial charge in [0.05, 0.1) is 11.4 Å². The Labute approximate surface area is 121 Å². The maximum Gasteiger partial charge on any atom is 0.263 e. The summed E-state index contributed by atoms with van der Waals surface area (Å²) < 4.78 is 0. The highest BCUT2D eigenvalue weighted by molar-refractivity contribution is 6.36. The van der Waals surface area contributed by atoms with Crippen molar-refractivity contribution in [3.8, 4) is 0 Å². The number of benzodiazepines with no additional fused rings is 1. The second kappa shape index (κ2) is 5.07. The van der Waals surface area contributed by atoms with E-state index in [1.54, 1.807) is 6.07 Å². The zero-order valence-electron chi connectivity index (χ0n) is 10.5. The SMILES string of the molecule is NC1N=C(c2ccccc2Cl)c2ccccc2NC1=O. The number of nitrogens with zero attached hydrogens (tertiary/aromatic N) is 1. The fraction of sp³-hybridized carbons (Fsp3) is 0.0667. The van der Waals surface area contributed by atoms with Crippen molar-refractivity contribution in [2.24, 2.45) is 10.7 Å². The highest BCUT2D eigenvalue weighted by Gasteiger charge is 2.23. The third kappa shape index (κ3) is 2.19. The van der Waals surface area contributed by atoms with E-state index in [1.807, 2.05) is 42.5 Å². The van der Waals surface area contributed by atoms with Crippen molar-refractivity contribution in [1.29, 1.82) is 0 Å². The van der Waals surface area contributed by atoms with Crippen LogP contribution in [0.5, 0.6) is 0 Å². The number of halogens is 1. The summed E-state index contributed by atoms with van der Waals surface area (Å²) in [5, 5.41) is 3.34. The average Bonchev–Trinajstić information content (AvgIpc) is 2.57. The Hall–Kier alpha value is -2.17. The van der Waals surface area contributed by atoms with Gasteiger partial charge in [0, 0.05) is 16.1 Å². The number of carbonyl (C=O) groups is 1. The third-order valence-corrected chi connectivity index (χ3v) is 3.44. The Kier molecular flexibility index (Phi) is 3.26. The lowest BCUT2D eigenvalue weighted by molar-refractivity contribution is -0.117. The molecule has 5 heteroatoms. The number of benzene rings is 2. The number of carbonyl (C=O) groups excluding carboxylic acids is 1.